The Kier molecular flexibility index (Phi) is 6.88. The van der Waals surface area contributed by atoms with Crippen LogP contribution in [-0.4, -0.2) is 67.6 Å². The van der Waals surface area contributed by atoms with Gasteiger partial charge in [-0.25, -0.2) is 0 Å². The lowest BCUT2D eigenvalue weighted by Gasteiger charge is -2.46. The van der Waals surface area contributed by atoms with Crippen LogP contribution >= 0.6 is 0 Å². The van der Waals surface area contributed by atoms with Gasteiger partial charge in [-0.3, -0.25) is 15.3 Å². The third-order valence-electron chi connectivity index (χ3n) is 6.69. The van der Waals surface area contributed by atoms with E-state index in [-0.39, 0.29) is 0 Å². The molecule has 4 aromatic rings. The minimum Gasteiger partial charge on any atom is -0.296 e. The van der Waals surface area contributed by atoms with Crippen LogP contribution in [0.3, 0.4) is 0 Å². The fourth-order valence-electron chi connectivity index (χ4n) is 5.06. The van der Waals surface area contributed by atoms with Crippen molar-refractivity contribution in [2.45, 2.75) is 0 Å². The Balaban J connectivity index is 1.73. The maximum absolute atomic E-state index is 2.46. The molecule has 0 spiro atoms. The molecule has 0 bridgehead atoms. The fraction of sp³-hybridized carbons (Fsp3) is 0.143. The number of nitrogens with zero attached hydrogens (tertiary/aromatic N) is 4. The molecule has 4 nitrogen and oxygen atoms in total. The van der Waals surface area contributed by atoms with Crippen LogP contribution < -0.4 is 15.3 Å². The Morgan fingerprint density at radius 1 is 0.306 bits per heavy atom. The van der Waals surface area contributed by atoms with E-state index in [1.165, 1.54) is 22.7 Å². The molecule has 0 unspecified atom stereocenters. The summed E-state index contributed by atoms with van der Waals surface area (Å²) in [5.41, 5.74) is 5.56. The van der Waals surface area contributed by atoms with Crippen molar-refractivity contribution < 1.29 is 0 Å². The van der Waals surface area contributed by atoms with Gasteiger partial charge in [-0.1, -0.05) is 72.8 Å². The van der Waals surface area contributed by atoms with Crippen molar-refractivity contribution in [2.75, 3.05) is 28.2 Å². The van der Waals surface area contributed by atoms with Gasteiger partial charge in [0, 0.05) is 28.2 Å². The Hall–Kier alpha value is -2.41. The quantitative estimate of drug-likeness (QED) is 0.332. The molecular weight excluding hydrogens is 505 g/mol. The normalized spacial score (nSPS) is 30.8. The average molecular weight is 537 g/mol. The molecule has 0 amide bonds. The molecule has 8 radical (unpaired) electrons. The molecule has 0 saturated carbocycles. The smallest absolute Gasteiger partial charge is 0.296 e. The molecule has 176 valence electrons. The highest BCUT2D eigenvalue weighted by Crippen LogP contribution is 2.34. The maximum Gasteiger partial charge on any atom is 0.741 e. The van der Waals surface area contributed by atoms with E-state index >= 15 is 0 Å². The SMILES string of the molecule is C[N+]1(c2ccccc2)[Si][N+](C)(c2ccccc2)[Si][N+](C)(c2ccccc2)[Si][N+](C)(c2ccccc2)[Si]1. The Morgan fingerprint density at radius 2 is 0.472 bits per heavy atom. The highest BCUT2D eigenvalue weighted by Gasteiger charge is 2.68. The molecule has 0 aliphatic carbocycles. The zero-order chi connectivity index (χ0) is 25.3. The van der Waals surface area contributed by atoms with Crippen molar-refractivity contribution in [1.82, 2.24) is 15.3 Å². The summed E-state index contributed by atoms with van der Waals surface area (Å²) in [6.45, 7) is 0. The fourth-order valence-corrected chi connectivity index (χ4v) is 17.1. The molecule has 0 atom stereocenters. The van der Waals surface area contributed by atoms with Crippen molar-refractivity contribution >= 4 is 62.1 Å². The Morgan fingerprint density at radius 3 is 0.639 bits per heavy atom. The van der Waals surface area contributed by atoms with E-state index < -0.39 is 0 Å². The summed E-state index contributed by atoms with van der Waals surface area (Å²) in [7, 11) is 12.3. The number of hydrogen-bond donors (Lipinski definition) is 0. The molecule has 1 saturated heterocycles. The second-order valence-electron chi connectivity index (χ2n) is 9.77. The standard InChI is InChI=1S/C28H32N4Si4/c1-29(25-17-9-5-10-18-25)33-30(2,26-19-11-6-12-20-26)35-32(4,28-23-15-8-16-24-28)36-31(3,34-29)27-21-13-7-14-22-27/h5-24H,1-4H3/q+4. The molecule has 1 heterocycles. The molecule has 1 fully saturated rings. The van der Waals surface area contributed by atoms with E-state index in [4.69, 9.17) is 0 Å². The first-order valence-electron chi connectivity index (χ1n) is 12.1. The van der Waals surface area contributed by atoms with E-state index in [1.54, 1.807) is 0 Å². The summed E-state index contributed by atoms with van der Waals surface area (Å²) in [5, 5.41) is 0. The summed E-state index contributed by atoms with van der Waals surface area (Å²) < 4.78 is 3.64. The van der Waals surface area contributed by atoms with Crippen molar-refractivity contribution in [1.29, 1.82) is 0 Å². The summed E-state index contributed by atoms with van der Waals surface area (Å²) >= 11 is 0. The average Bonchev–Trinajstić information content (AvgIpc) is 2.90. The predicted molar refractivity (Wildman–Crippen MR) is 160 cm³/mol. The van der Waals surface area contributed by atoms with Gasteiger partial charge in [0.15, 0.2) is 0 Å². The van der Waals surface area contributed by atoms with Crippen molar-refractivity contribution in [2.24, 2.45) is 0 Å². The van der Waals surface area contributed by atoms with Gasteiger partial charge in [-0.15, -0.1) is 0 Å². The molecule has 5 rings (SSSR count). The van der Waals surface area contributed by atoms with Gasteiger partial charge in [0.05, 0.1) is 0 Å². The molecule has 1 aliphatic heterocycles. The highest BCUT2D eigenvalue weighted by molar-refractivity contribution is 6.78. The highest BCUT2D eigenvalue weighted by atomic mass is 28.4. The van der Waals surface area contributed by atoms with E-state index in [9.17, 15) is 0 Å². The number of hydrogen-bond acceptors (Lipinski definition) is 0. The monoisotopic (exact) mass is 536 g/mol. The molecule has 1 aliphatic rings. The lowest BCUT2D eigenvalue weighted by molar-refractivity contribution is 0.569. The van der Waals surface area contributed by atoms with Gasteiger partial charge in [-0.2, -0.15) is 0 Å². The topological polar surface area (TPSA) is 0 Å². The molecule has 36 heavy (non-hydrogen) atoms. The minimum atomic E-state index is 0.629. The van der Waals surface area contributed by atoms with E-state index in [0.717, 1.165) is 15.3 Å². The van der Waals surface area contributed by atoms with Crippen molar-refractivity contribution in [3.05, 3.63) is 121 Å². The maximum atomic E-state index is 2.46. The molecule has 8 heteroatoms. The van der Waals surface area contributed by atoms with Gasteiger partial charge in [0.1, 0.15) is 22.7 Å². The van der Waals surface area contributed by atoms with Crippen LogP contribution in [-0.2, 0) is 0 Å². The van der Waals surface area contributed by atoms with E-state index in [2.05, 4.69) is 150 Å². The minimum absolute atomic E-state index is 0.629. The summed E-state index contributed by atoms with van der Waals surface area (Å²) in [6, 6.07) is 44.7. The summed E-state index contributed by atoms with van der Waals surface area (Å²) in [5.74, 6) is 0. The van der Waals surface area contributed by atoms with Crippen LogP contribution in [0.4, 0.5) is 22.7 Å². The van der Waals surface area contributed by atoms with Gasteiger partial charge in [0.25, 0.3) is 0 Å². The first kappa shape index (κ1) is 25.2. The molecule has 0 aromatic heterocycles. The largest absolute Gasteiger partial charge is 0.741 e. The third-order valence-corrected chi connectivity index (χ3v) is 14.4. The lowest BCUT2D eigenvalue weighted by atomic mass is 10.3. The predicted octanol–water partition coefficient (Wildman–Crippen LogP) is 4.69. The Bertz CT molecular complexity index is 1080. The van der Waals surface area contributed by atoms with Crippen LogP contribution in [0.2, 0.25) is 0 Å². The summed E-state index contributed by atoms with van der Waals surface area (Å²) in [4.78, 5) is 0. The molecule has 0 N–H and O–H groups in total. The molecule has 4 aromatic carbocycles. The number of quaternary nitrogens is 4. The van der Waals surface area contributed by atoms with Gasteiger partial charge >= 0.3 is 39.4 Å². The van der Waals surface area contributed by atoms with E-state index in [1.807, 2.05) is 0 Å². The van der Waals surface area contributed by atoms with Gasteiger partial charge < -0.3 is 0 Å². The third kappa shape index (κ3) is 4.91. The van der Waals surface area contributed by atoms with Crippen LogP contribution in [0.25, 0.3) is 0 Å². The number of para-hydroxylation sites is 4. The molecular formula is C28H32N4Si4+4. The van der Waals surface area contributed by atoms with E-state index in [0.29, 0.717) is 39.4 Å². The number of rotatable bonds is 4. The first-order valence-corrected chi connectivity index (χ1v) is 15.7. The van der Waals surface area contributed by atoms with Crippen LogP contribution in [0.5, 0.6) is 0 Å². The van der Waals surface area contributed by atoms with Crippen LogP contribution in [0.1, 0.15) is 0 Å². The lowest BCUT2D eigenvalue weighted by Crippen LogP contribution is -2.84. The second-order valence-corrected chi connectivity index (χ2v) is 19.5. The van der Waals surface area contributed by atoms with Gasteiger partial charge in [-0.05, 0) is 48.5 Å². The van der Waals surface area contributed by atoms with Crippen molar-refractivity contribution in [3.8, 4) is 0 Å². The Labute approximate surface area is 226 Å². The van der Waals surface area contributed by atoms with Crippen LogP contribution in [0, 0.1) is 0 Å². The van der Waals surface area contributed by atoms with Crippen LogP contribution in [0.15, 0.2) is 121 Å². The second kappa shape index (κ2) is 9.80. The van der Waals surface area contributed by atoms with Gasteiger partial charge in [0.2, 0.25) is 0 Å². The zero-order valence-corrected chi connectivity index (χ0v) is 25.3. The zero-order valence-electron chi connectivity index (χ0n) is 21.3. The first-order chi connectivity index (χ1) is 17.2. The number of benzene rings is 4. The van der Waals surface area contributed by atoms with Crippen molar-refractivity contribution in [3.63, 3.8) is 0 Å². The summed E-state index contributed by atoms with van der Waals surface area (Å²) in [6.07, 6.45) is 0.